The Labute approximate surface area is 88.0 Å². The molecule has 1 aromatic rings. The summed E-state index contributed by atoms with van der Waals surface area (Å²) in [6, 6.07) is 7.41. The number of hydrogen-bond donors (Lipinski definition) is 1. The topological polar surface area (TPSA) is 46.5 Å². The van der Waals surface area contributed by atoms with Crippen LogP contribution in [-0.2, 0) is 15.1 Å². The van der Waals surface area contributed by atoms with Crippen LogP contribution in [0.1, 0.15) is 17.5 Å². The van der Waals surface area contributed by atoms with Gasteiger partial charge in [-0.25, -0.2) is 4.79 Å². The van der Waals surface area contributed by atoms with Crippen molar-refractivity contribution in [3.63, 3.8) is 0 Å². The van der Waals surface area contributed by atoms with Crippen molar-refractivity contribution in [2.75, 3.05) is 7.11 Å². The lowest BCUT2D eigenvalue weighted by molar-refractivity contribution is -0.163. The molecule has 0 saturated heterocycles. The Bertz CT molecular complexity index is 423. The van der Waals surface area contributed by atoms with Gasteiger partial charge in [0.25, 0.3) is 0 Å². The quantitative estimate of drug-likeness (QED) is 0.801. The molecule has 78 valence electrons. The van der Waals surface area contributed by atoms with Crippen molar-refractivity contribution in [1.82, 2.24) is 0 Å². The van der Waals surface area contributed by atoms with Gasteiger partial charge in [0.1, 0.15) is 0 Å². The first-order valence-electron chi connectivity index (χ1n) is 4.75. The Hall–Kier alpha value is -1.61. The Morgan fingerprint density at radius 2 is 2.20 bits per heavy atom. The van der Waals surface area contributed by atoms with E-state index in [9.17, 15) is 9.90 Å². The van der Waals surface area contributed by atoms with Crippen LogP contribution in [-0.4, -0.2) is 18.2 Å². The molecule has 1 unspecified atom stereocenters. The molecule has 0 saturated carbocycles. The van der Waals surface area contributed by atoms with Gasteiger partial charge in [0.15, 0.2) is 5.60 Å². The molecule has 1 N–H and O–H groups in total. The zero-order valence-corrected chi connectivity index (χ0v) is 8.43. The van der Waals surface area contributed by atoms with Gasteiger partial charge in [-0.2, -0.15) is 0 Å². The summed E-state index contributed by atoms with van der Waals surface area (Å²) >= 11 is 0. The number of methoxy groups -OCH3 is 1. The lowest BCUT2D eigenvalue weighted by atomic mass is 9.83. The first kappa shape index (κ1) is 9.93. The van der Waals surface area contributed by atoms with Crippen molar-refractivity contribution in [1.29, 1.82) is 0 Å². The van der Waals surface area contributed by atoms with E-state index >= 15 is 0 Å². The van der Waals surface area contributed by atoms with Crippen LogP contribution in [0.2, 0.25) is 0 Å². The van der Waals surface area contributed by atoms with Crippen molar-refractivity contribution >= 4 is 12.0 Å². The van der Waals surface area contributed by atoms with E-state index in [1.165, 1.54) is 7.11 Å². The molecule has 3 nitrogen and oxygen atoms in total. The lowest BCUT2D eigenvalue weighted by Crippen LogP contribution is -2.39. The molecule has 1 aromatic carbocycles. The van der Waals surface area contributed by atoms with Gasteiger partial charge < -0.3 is 9.84 Å². The highest BCUT2D eigenvalue weighted by Gasteiger charge is 2.42. The predicted molar refractivity (Wildman–Crippen MR) is 56.4 cm³/mol. The molecular weight excluding hydrogens is 192 g/mol. The van der Waals surface area contributed by atoms with E-state index < -0.39 is 11.6 Å². The number of carboxylic acids is 1. The van der Waals surface area contributed by atoms with Crippen molar-refractivity contribution in [3.05, 3.63) is 41.5 Å². The van der Waals surface area contributed by atoms with Crippen molar-refractivity contribution in [3.8, 4) is 0 Å². The van der Waals surface area contributed by atoms with Gasteiger partial charge in [-0.05, 0) is 5.56 Å². The van der Waals surface area contributed by atoms with Crippen LogP contribution in [0.4, 0.5) is 0 Å². The van der Waals surface area contributed by atoms with E-state index in [-0.39, 0.29) is 0 Å². The largest absolute Gasteiger partial charge is 0.479 e. The monoisotopic (exact) mass is 204 g/mol. The average molecular weight is 204 g/mol. The number of aliphatic carboxylic acids is 1. The molecule has 0 aromatic heterocycles. The van der Waals surface area contributed by atoms with Gasteiger partial charge in [0.05, 0.1) is 0 Å². The van der Waals surface area contributed by atoms with Gasteiger partial charge in [-0.15, -0.1) is 0 Å². The Kier molecular flexibility index (Phi) is 2.32. The fraction of sp³-hybridized carbons (Fsp3) is 0.250. The van der Waals surface area contributed by atoms with Crippen molar-refractivity contribution in [2.45, 2.75) is 12.0 Å². The van der Waals surface area contributed by atoms with E-state index in [1.807, 2.05) is 30.4 Å². The van der Waals surface area contributed by atoms with Crippen LogP contribution in [0.25, 0.3) is 6.08 Å². The highest BCUT2D eigenvalue weighted by atomic mass is 16.5. The van der Waals surface area contributed by atoms with E-state index in [1.54, 1.807) is 6.07 Å². The van der Waals surface area contributed by atoms with Crippen molar-refractivity contribution < 1.29 is 14.6 Å². The Balaban J connectivity index is 2.62. The average Bonchev–Trinajstić information content (AvgIpc) is 2.28. The molecule has 3 heteroatoms. The fourth-order valence-corrected chi connectivity index (χ4v) is 1.96. The summed E-state index contributed by atoms with van der Waals surface area (Å²) in [6.45, 7) is 0. The highest BCUT2D eigenvalue weighted by Crippen LogP contribution is 2.36. The van der Waals surface area contributed by atoms with Crippen LogP contribution in [0.5, 0.6) is 0 Å². The van der Waals surface area contributed by atoms with Gasteiger partial charge in [-0.3, -0.25) is 0 Å². The zero-order valence-electron chi connectivity index (χ0n) is 8.43. The first-order chi connectivity index (χ1) is 7.20. The molecule has 15 heavy (non-hydrogen) atoms. The number of rotatable bonds is 2. The molecule has 0 radical (unpaired) electrons. The minimum Gasteiger partial charge on any atom is -0.479 e. The maximum atomic E-state index is 11.3. The van der Waals surface area contributed by atoms with E-state index in [0.29, 0.717) is 6.42 Å². The molecule has 1 atom stereocenters. The molecule has 1 aliphatic carbocycles. The maximum absolute atomic E-state index is 11.3. The molecule has 2 rings (SSSR count). The minimum atomic E-state index is -1.22. The van der Waals surface area contributed by atoms with E-state index in [2.05, 4.69) is 0 Å². The number of hydrogen-bond acceptors (Lipinski definition) is 2. The predicted octanol–water partition coefficient (Wildman–Crippen LogP) is 2.03. The molecule has 0 aliphatic heterocycles. The maximum Gasteiger partial charge on any atom is 0.341 e. The summed E-state index contributed by atoms with van der Waals surface area (Å²) in [6.07, 6.45) is 4.13. The standard InChI is InChI=1S/C12H12O3/c1-15-12(11(13)14)8-4-6-9-5-2-3-7-10(9)12/h2-7H,8H2,1H3,(H,13,14). The second kappa shape index (κ2) is 3.51. The second-order valence-electron chi connectivity index (χ2n) is 3.53. The highest BCUT2D eigenvalue weighted by molar-refractivity contribution is 5.83. The summed E-state index contributed by atoms with van der Waals surface area (Å²) < 4.78 is 5.22. The van der Waals surface area contributed by atoms with Gasteiger partial charge in [0.2, 0.25) is 0 Å². The number of ether oxygens (including phenoxy) is 1. The molecular formula is C12H12O3. The van der Waals surface area contributed by atoms with Crippen molar-refractivity contribution in [2.24, 2.45) is 0 Å². The normalized spacial score (nSPS) is 23.5. The molecule has 0 bridgehead atoms. The summed E-state index contributed by atoms with van der Waals surface area (Å²) in [7, 11) is 1.43. The molecule has 1 aliphatic rings. The lowest BCUT2D eigenvalue weighted by Gasteiger charge is -2.31. The smallest absolute Gasteiger partial charge is 0.341 e. The van der Waals surface area contributed by atoms with Gasteiger partial charge >= 0.3 is 5.97 Å². The Morgan fingerprint density at radius 3 is 2.87 bits per heavy atom. The van der Waals surface area contributed by atoms with E-state index in [4.69, 9.17) is 4.74 Å². The van der Waals surface area contributed by atoms with Crippen LogP contribution in [0.15, 0.2) is 30.3 Å². The zero-order chi connectivity index (χ0) is 10.9. The summed E-state index contributed by atoms with van der Waals surface area (Å²) in [4.78, 5) is 11.3. The fourth-order valence-electron chi connectivity index (χ4n) is 1.96. The van der Waals surface area contributed by atoms with Crippen LogP contribution < -0.4 is 0 Å². The van der Waals surface area contributed by atoms with Crippen LogP contribution in [0.3, 0.4) is 0 Å². The third kappa shape index (κ3) is 1.36. The SMILES string of the molecule is COC1(C(=O)O)CC=Cc2ccccc21. The number of fused-ring (bicyclic) bond motifs is 1. The first-order valence-corrected chi connectivity index (χ1v) is 4.75. The van der Waals surface area contributed by atoms with Gasteiger partial charge in [0, 0.05) is 19.1 Å². The summed E-state index contributed by atoms with van der Waals surface area (Å²) in [5.41, 5.74) is 0.418. The number of benzene rings is 1. The number of carbonyl (C=O) groups is 1. The van der Waals surface area contributed by atoms with Crippen LogP contribution in [0, 0.1) is 0 Å². The third-order valence-electron chi connectivity index (χ3n) is 2.79. The molecule has 0 fully saturated rings. The molecule has 0 spiro atoms. The Morgan fingerprint density at radius 1 is 1.47 bits per heavy atom. The summed E-state index contributed by atoms with van der Waals surface area (Å²) in [5, 5.41) is 9.28. The van der Waals surface area contributed by atoms with Gasteiger partial charge in [-0.1, -0.05) is 36.4 Å². The second-order valence-corrected chi connectivity index (χ2v) is 3.53. The number of carboxylic acid groups (broad SMARTS) is 1. The molecule has 0 amide bonds. The minimum absolute atomic E-state index is 0.371. The van der Waals surface area contributed by atoms with E-state index in [0.717, 1.165) is 11.1 Å². The summed E-state index contributed by atoms with van der Waals surface area (Å²) in [5.74, 6) is -0.943. The third-order valence-corrected chi connectivity index (χ3v) is 2.79. The van der Waals surface area contributed by atoms with Crippen LogP contribution >= 0.6 is 0 Å². The molecule has 0 heterocycles.